The molecule has 0 saturated carbocycles. The van der Waals surface area contributed by atoms with Gasteiger partial charge in [-0.2, -0.15) is 5.10 Å². The SMILES string of the molecule is COCCOc1cc(F)c(Cn2nc(-c3nc4c(c(Nc5ccncc5Cl)n3)CN(C(=O)OC(C)(C)C)C4)c3ccccc32)c(F)c1. The lowest BCUT2D eigenvalue weighted by Gasteiger charge is -2.24. The number of anilines is 2. The summed E-state index contributed by atoms with van der Waals surface area (Å²) in [6.07, 6.45) is 2.61. The molecule has 0 saturated heterocycles. The number of amides is 1. The third-order valence-corrected chi connectivity index (χ3v) is 7.61. The second-order valence-corrected chi connectivity index (χ2v) is 12.3. The van der Waals surface area contributed by atoms with Gasteiger partial charge in [-0.15, -0.1) is 0 Å². The van der Waals surface area contributed by atoms with E-state index in [-0.39, 0.29) is 50.0 Å². The van der Waals surface area contributed by atoms with Crippen LogP contribution in [0.2, 0.25) is 5.02 Å². The molecule has 47 heavy (non-hydrogen) atoms. The molecule has 1 amide bonds. The first-order valence-corrected chi connectivity index (χ1v) is 15.2. The lowest BCUT2D eigenvalue weighted by Crippen LogP contribution is -2.33. The molecule has 244 valence electrons. The molecule has 5 aromatic rings. The minimum absolute atomic E-state index is 0.0631. The number of carbonyl (C=O) groups excluding carboxylic acids is 1. The largest absolute Gasteiger partial charge is 0.491 e. The number of methoxy groups -OCH3 is 1. The molecule has 1 N–H and O–H groups in total. The molecule has 0 fully saturated rings. The van der Waals surface area contributed by atoms with Gasteiger partial charge in [-0.05, 0) is 32.9 Å². The molecule has 0 unspecified atom stereocenters. The summed E-state index contributed by atoms with van der Waals surface area (Å²) in [4.78, 5) is 28.3. The number of hydrogen-bond donors (Lipinski definition) is 1. The molecule has 14 heteroatoms. The third-order valence-electron chi connectivity index (χ3n) is 7.31. The number of nitrogens with zero attached hydrogens (tertiary/aromatic N) is 6. The van der Waals surface area contributed by atoms with Gasteiger partial charge in [-0.1, -0.05) is 29.8 Å². The molecule has 0 aliphatic carbocycles. The third kappa shape index (κ3) is 6.96. The molecular formula is C33H32ClF2N7O4. The fourth-order valence-electron chi connectivity index (χ4n) is 5.14. The van der Waals surface area contributed by atoms with Gasteiger partial charge in [-0.3, -0.25) is 14.6 Å². The van der Waals surface area contributed by atoms with Crippen molar-refractivity contribution in [3.05, 3.63) is 88.3 Å². The quantitative estimate of drug-likeness (QED) is 0.168. The van der Waals surface area contributed by atoms with Crippen molar-refractivity contribution in [3.63, 3.8) is 0 Å². The first kappa shape index (κ1) is 32.1. The predicted octanol–water partition coefficient (Wildman–Crippen LogP) is 6.89. The zero-order chi connectivity index (χ0) is 33.3. The van der Waals surface area contributed by atoms with Gasteiger partial charge in [0.2, 0.25) is 0 Å². The summed E-state index contributed by atoms with van der Waals surface area (Å²) in [5.41, 5.74) is 1.98. The molecule has 1 aliphatic rings. The van der Waals surface area contributed by atoms with Crippen LogP contribution in [0.15, 0.2) is 54.9 Å². The van der Waals surface area contributed by atoms with E-state index in [0.717, 1.165) is 12.1 Å². The van der Waals surface area contributed by atoms with Crippen LogP contribution in [0.25, 0.3) is 22.4 Å². The van der Waals surface area contributed by atoms with Gasteiger partial charge in [0.1, 0.15) is 41.1 Å². The second-order valence-electron chi connectivity index (χ2n) is 11.9. The molecule has 3 aromatic heterocycles. The highest BCUT2D eigenvalue weighted by Gasteiger charge is 2.32. The van der Waals surface area contributed by atoms with Gasteiger partial charge in [0.05, 0.1) is 48.2 Å². The maximum atomic E-state index is 15.2. The zero-order valence-corrected chi connectivity index (χ0v) is 26.9. The van der Waals surface area contributed by atoms with E-state index < -0.39 is 23.3 Å². The molecule has 6 rings (SSSR count). The van der Waals surface area contributed by atoms with E-state index in [1.165, 1.54) is 18.0 Å². The number of aromatic nitrogens is 5. The van der Waals surface area contributed by atoms with Crippen molar-refractivity contribution < 1.29 is 27.8 Å². The minimum Gasteiger partial charge on any atom is -0.491 e. The van der Waals surface area contributed by atoms with Crippen LogP contribution in [0.1, 0.15) is 37.6 Å². The van der Waals surface area contributed by atoms with Crippen LogP contribution in [0.4, 0.5) is 25.1 Å². The summed E-state index contributed by atoms with van der Waals surface area (Å²) in [5.74, 6) is -0.803. The molecular weight excluding hydrogens is 632 g/mol. The zero-order valence-electron chi connectivity index (χ0n) is 26.2. The van der Waals surface area contributed by atoms with E-state index >= 15 is 8.78 Å². The highest BCUT2D eigenvalue weighted by molar-refractivity contribution is 6.33. The number of hydrogen-bond acceptors (Lipinski definition) is 9. The Kier molecular flexibility index (Phi) is 8.93. The van der Waals surface area contributed by atoms with Gasteiger partial charge >= 0.3 is 6.09 Å². The number of carbonyl (C=O) groups is 1. The van der Waals surface area contributed by atoms with Crippen LogP contribution in [0.5, 0.6) is 5.75 Å². The number of nitrogens with one attached hydrogen (secondary N) is 1. The second kappa shape index (κ2) is 13.1. The lowest BCUT2D eigenvalue weighted by molar-refractivity contribution is 0.0241. The van der Waals surface area contributed by atoms with Gasteiger partial charge in [0.25, 0.3) is 0 Å². The van der Waals surface area contributed by atoms with Crippen LogP contribution in [-0.2, 0) is 29.1 Å². The Morgan fingerprint density at radius 3 is 2.55 bits per heavy atom. The monoisotopic (exact) mass is 663 g/mol. The fraction of sp³-hybridized carbons (Fsp3) is 0.303. The Morgan fingerprint density at radius 2 is 1.83 bits per heavy atom. The summed E-state index contributed by atoms with van der Waals surface area (Å²) < 4.78 is 47.9. The van der Waals surface area contributed by atoms with Crippen molar-refractivity contribution in [3.8, 4) is 17.3 Å². The number of rotatable bonds is 9. The van der Waals surface area contributed by atoms with Crippen LogP contribution in [0.3, 0.4) is 0 Å². The Morgan fingerprint density at radius 1 is 1.06 bits per heavy atom. The van der Waals surface area contributed by atoms with Gasteiger partial charge in [-0.25, -0.2) is 23.5 Å². The lowest BCUT2D eigenvalue weighted by atomic mass is 10.1. The number of pyridine rings is 1. The highest BCUT2D eigenvalue weighted by Crippen LogP contribution is 2.35. The van der Waals surface area contributed by atoms with E-state index in [1.807, 2.05) is 18.2 Å². The molecule has 11 nitrogen and oxygen atoms in total. The Balaban J connectivity index is 1.40. The molecule has 2 aromatic carbocycles. The molecule has 0 radical (unpaired) electrons. The average Bonchev–Trinajstić information content (AvgIpc) is 3.62. The van der Waals surface area contributed by atoms with E-state index in [9.17, 15) is 4.79 Å². The summed E-state index contributed by atoms with van der Waals surface area (Å²) >= 11 is 6.42. The van der Waals surface area contributed by atoms with Gasteiger partial charge in [0.15, 0.2) is 5.82 Å². The van der Waals surface area contributed by atoms with Crippen molar-refractivity contribution in [1.82, 2.24) is 29.6 Å². The average molecular weight is 664 g/mol. The van der Waals surface area contributed by atoms with Crippen LogP contribution < -0.4 is 10.1 Å². The molecule has 0 bridgehead atoms. The Hall–Kier alpha value is -4.88. The molecule has 0 atom stereocenters. The van der Waals surface area contributed by atoms with Crippen LogP contribution in [0, 0.1) is 11.6 Å². The Labute approximate surface area is 274 Å². The minimum atomic E-state index is -0.768. The van der Waals surface area contributed by atoms with Crippen molar-refractivity contribution in [2.75, 3.05) is 25.6 Å². The molecule has 4 heterocycles. The summed E-state index contributed by atoms with van der Waals surface area (Å²) in [6, 6.07) is 11.3. The van der Waals surface area contributed by atoms with Crippen molar-refractivity contribution >= 4 is 40.1 Å². The van der Waals surface area contributed by atoms with E-state index in [1.54, 1.807) is 44.0 Å². The first-order valence-electron chi connectivity index (χ1n) is 14.8. The Bertz CT molecular complexity index is 1940. The number of halogens is 3. The van der Waals surface area contributed by atoms with Crippen LogP contribution >= 0.6 is 11.6 Å². The standard InChI is InChI=1S/C33H32ClF2N7O4/c1-33(2,3)47-32(44)42-16-22-27(18-42)39-31(40-30(22)38-26-9-10-37-15-23(26)34)29-20-7-5-6-8-28(20)43(41-29)17-21-24(35)13-19(14-25(21)36)46-12-11-45-4/h5-10,13-15H,11-12,16-18H2,1-4H3,(H,37,38,39,40). The van der Waals surface area contributed by atoms with E-state index in [0.29, 0.717) is 44.4 Å². The smallest absolute Gasteiger partial charge is 0.410 e. The summed E-state index contributed by atoms with van der Waals surface area (Å²) in [7, 11) is 1.51. The molecule has 1 aliphatic heterocycles. The van der Waals surface area contributed by atoms with E-state index in [2.05, 4.69) is 10.3 Å². The number of benzene rings is 2. The van der Waals surface area contributed by atoms with Crippen molar-refractivity contribution in [2.24, 2.45) is 0 Å². The number of fused-ring (bicyclic) bond motifs is 2. The van der Waals surface area contributed by atoms with Crippen molar-refractivity contribution in [2.45, 2.75) is 46.0 Å². The fourth-order valence-corrected chi connectivity index (χ4v) is 5.31. The first-order chi connectivity index (χ1) is 22.5. The maximum Gasteiger partial charge on any atom is 0.410 e. The van der Waals surface area contributed by atoms with E-state index in [4.69, 9.17) is 40.9 Å². The van der Waals surface area contributed by atoms with Crippen LogP contribution in [-0.4, -0.2) is 61.7 Å². The normalized spacial score (nSPS) is 12.8. The maximum absolute atomic E-state index is 15.2. The highest BCUT2D eigenvalue weighted by atomic mass is 35.5. The van der Waals surface area contributed by atoms with Gasteiger partial charge in [0, 0.05) is 48.1 Å². The predicted molar refractivity (Wildman–Crippen MR) is 172 cm³/mol. The summed E-state index contributed by atoms with van der Waals surface area (Å²) in [5, 5.41) is 9.07. The summed E-state index contributed by atoms with van der Waals surface area (Å²) in [6.45, 7) is 6.01. The molecule has 0 spiro atoms. The number of ether oxygens (including phenoxy) is 3. The van der Waals surface area contributed by atoms with Gasteiger partial charge < -0.3 is 19.5 Å². The number of para-hydroxylation sites is 1. The van der Waals surface area contributed by atoms with Crippen molar-refractivity contribution in [1.29, 1.82) is 0 Å². The topological polar surface area (TPSA) is 117 Å².